The molecule has 8 atom stereocenters. The lowest BCUT2D eigenvalue weighted by Crippen LogP contribution is -2.54. The highest BCUT2D eigenvalue weighted by atomic mass is 16.1. The molecule has 0 bridgehead atoms. The lowest BCUT2D eigenvalue weighted by Gasteiger charge is -2.60. The van der Waals surface area contributed by atoms with Gasteiger partial charge in [-0.1, -0.05) is 13.8 Å². The van der Waals surface area contributed by atoms with Crippen LogP contribution in [-0.2, 0) is 4.79 Å². The smallest absolute Gasteiger partial charge is 0.133 e. The van der Waals surface area contributed by atoms with Crippen molar-refractivity contribution < 1.29 is 4.79 Å². The molecule has 2 heteroatoms. The van der Waals surface area contributed by atoms with Crippen LogP contribution in [0.3, 0.4) is 0 Å². The number of ketones is 1. The Labute approximate surface area is 142 Å². The van der Waals surface area contributed by atoms with Crippen molar-refractivity contribution in [3.05, 3.63) is 0 Å². The Morgan fingerprint density at radius 1 is 1.00 bits per heavy atom. The van der Waals surface area contributed by atoms with Crippen LogP contribution in [0, 0.1) is 40.4 Å². The van der Waals surface area contributed by atoms with E-state index in [2.05, 4.69) is 20.8 Å². The summed E-state index contributed by atoms with van der Waals surface area (Å²) in [7, 11) is 0. The minimum atomic E-state index is 0.348. The van der Waals surface area contributed by atoms with Gasteiger partial charge in [-0.05, 0) is 92.3 Å². The summed E-state index contributed by atoms with van der Waals surface area (Å²) in [6.07, 6.45) is 11.1. The second-order valence-corrected chi connectivity index (χ2v) is 9.99. The number of fused-ring (bicyclic) bond motifs is 5. The average molecular weight is 318 g/mol. The van der Waals surface area contributed by atoms with Gasteiger partial charge < -0.3 is 5.73 Å². The first-order valence-corrected chi connectivity index (χ1v) is 10.1. The molecule has 0 unspecified atom stereocenters. The van der Waals surface area contributed by atoms with Crippen molar-refractivity contribution in [3.8, 4) is 0 Å². The predicted molar refractivity (Wildman–Crippen MR) is 93.9 cm³/mol. The number of Topliss-reactive ketones (excluding diaryl/α,β-unsaturated/α-hetero) is 1. The quantitative estimate of drug-likeness (QED) is 0.770. The number of rotatable bonds is 1. The van der Waals surface area contributed by atoms with E-state index in [1.54, 1.807) is 0 Å². The van der Waals surface area contributed by atoms with Crippen LogP contribution >= 0.6 is 0 Å². The van der Waals surface area contributed by atoms with E-state index in [1.165, 1.54) is 38.5 Å². The molecule has 0 aromatic carbocycles. The maximum Gasteiger partial charge on any atom is 0.133 e. The van der Waals surface area contributed by atoms with Crippen molar-refractivity contribution in [2.24, 2.45) is 46.2 Å². The van der Waals surface area contributed by atoms with Gasteiger partial charge >= 0.3 is 0 Å². The first kappa shape index (κ1) is 16.1. The van der Waals surface area contributed by atoms with Crippen LogP contribution in [-0.4, -0.2) is 11.8 Å². The molecule has 4 saturated carbocycles. The largest absolute Gasteiger partial charge is 0.328 e. The molecule has 0 aliphatic heterocycles. The van der Waals surface area contributed by atoms with E-state index in [0.717, 1.165) is 42.9 Å². The lowest BCUT2D eigenvalue weighted by molar-refractivity contribution is -0.139. The topological polar surface area (TPSA) is 43.1 Å². The first-order valence-electron chi connectivity index (χ1n) is 10.1. The van der Waals surface area contributed by atoms with Crippen molar-refractivity contribution in [2.75, 3.05) is 0 Å². The molecule has 2 N–H and O–H groups in total. The Morgan fingerprint density at radius 2 is 1.74 bits per heavy atom. The van der Waals surface area contributed by atoms with E-state index < -0.39 is 0 Å². The molecule has 4 rings (SSSR count). The zero-order valence-electron chi connectivity index (χ0n) is 15.3. The number of carbonyl (C=O) groups excluding carboxylic acids is 1. The third kappa shape index (κ3) is 2.19. The molecule has 4 aliphatic rings. The van der Waals surface area contributed by atoms with Gasteiger partial charge in [0, 0.05) is 18.9 Å². The summed E-state index contributed by atoms with van der Waals surface area (Å²) >= 11 is 0. The molecule has 0 saturated heterocycles. The number of hydrogen-bond donors (Lipinski definition) is 1. The predicted octanol–water partition coefficient (Wildman–Crippen LogP) is 4.56. The fourth-order valence-electron chi connectivity index (χ4n) is 7.95. The summed E-state index contributed by atoms with van der Waals surface area (Å²) in [6, 6.07) is 0.348. The number of hydrogen-bond acceptors (Lipinski definition) is 2. The molecule has 4 aliphatic carbocycles. The maximum atomic E-state index is 12.0. The van der Waals surface area contributed by atoms with Gasteiger partial charge in [-0.25, -0.2) is 0 Å². The summed E-state index contributed by atoms with van der Waals surface area (Å²) in [5.74, 6) is 4.62. The summed E-state index contributed by atoms with van der Waals surface area (Å²) in [5.41, 5.74) is 7.31. The van der Waals surface area contributed by atoms with E-state index in [-0.39, 0.29) is 0 Å². The molecule has 4 fully saturated rings. The molecule has 0 amide bonds. The molecule has 0 spiro atoms. The lowest BCUT2D eigenvalue weighted by atomic mass is 9.44. The molecule has 0 aromatic heterocycles. The number of nitrogens with two attached hydrogens (primary N) is 1. The highest BCUT2D eigenvalue weighted by Gasteiger charge is 2.60. The van der Waals surface area contributed by atoms with Crippen molar-refractivity contribution in [1.82, 2.24) is 0 Å². The minimum absolute atomic E-state index is 0.348. The van der Waals surface area contributed by atoms with Crippen LogP contribution in [0.25, 0.3) is 0 Å². The van der Waals surface area contributed by atoms with Gasteiger partial charge in [0.25, 0.3) is 0 Å². The standard InChI is InChI=1S/C21H35NO/c1-13(22)17-6-7-18-16-5-4-14-12-15(23)8-10-20(14,2)19(16)9-11-21(17,18)3/h13-14,16-19H,4-12,22H2,1-3H3/t13-,14-,16-,17+,18-,19-,20-,21+/m0/s1. The highest BCUT2D eigenvalue weighted by molar-refractivity contribution is 5.79. The maximum absolute atomic E-state index is 12.0. The van der Waals surface area contributed by atoms with E-state index in [1.807, 2.05) is 0 Å². The Bertz CT molecular complexity index is 500. The fraction of sp³-hybridized carbons (Fsp3) is 0.952. The summed E-state index contributed by atoms with van der Waals surface area (Å²) in [4.78, 5) is 12.0. The van der Waals surface area contributed by atoms with Crippen LogP contribution in [0.15, 0.2) is 0 Å². The fourth-order valence-corrected chi connectivity index (χ4v) is 7.95. The van der Waals surface area contributed by atoms with Crippen LogP contribution < -0.4 is 5.73 Å². The van der Waals surface area contributed by atoms with Crippen molar-refractivity contribution in [1.29, 1.82) is 0 Å². The molecule has 2 nitrogen and oxygen atoms in total. The zero-order chi connectivity index (χ0) is 16.4. The monoisotopic (exact) mass is 317 g/mol. The van der Waals surface area contributed by atoms with E-state index in [9.17, 15) is 4.79 Å². The molecule has 0 aromatic rings. The second kappa shape index (κ2) is 5.31. The van der Waals surface area contributed by atoms with Gasteiger partial charge in [0.2, 0.25) is 0 Å². The Hall–Kier alpha value is -0.370. The van der Waals surface area contributed by atoms with Crippen LogP contribution in [0.1, 0.15) is 78.6 Å². The summed E-state index contributed by atoms with van der Waals surface area (Å²) in [6.45, 7) is 7.34. The van der Waals surface area contributed by atoms with Gasteiger partial charge in [-0.15, -0.1) is 0 Å². The normalized spacial score (nSPS) is 54.1. The Balaban J connectivity index is 1.61. The second-order valence-electron chi connectivity index (χ2n) is 9.99. The van der Waals surface area contributed by atoms with Crippen molar-refractivity contribution in [2.45, 2.75) is 84.6 Å². The van der Waals surface area contributed by atoms with Gasteiger partial charge in [0.15, 0.2) is 0 Å². The summed E-state index contributed by atoms with van der Waals surface area (Å²) < 4.78 is 0. The van der Waals surface area contributed by atoms with E-state index in [4.69, 9.17) is 5.73 Å². The van der Waals surface area contributed by atoms with Gasteiger partial charge in [-0.3, -0.25) is 4.79 Å². The molecular weight excluding hydrogens is 282 g/mol. The van der Waals surface area contributed by atoms with Gasteiger partial charge in [0.1, 0.15) is 5.78 Å². The van der Waals surface area contributed by atoms with Crippen LogP contribution in [0.5, 0.6) is 0 Å². The SMILES string of the molecule is C[C@H](N)[C@H]1CC[C@H]2[C@@H]3CC[C@H]4CC(=O)CC[C@]4(C)[C@H]3CC[C@]12C. The molecular formula is C21H35NO. The minimum Gasteiger partial charge on any atom is -0.328 e. The van der Waals surface area contributed by atoms with Crippen molar-refractivity contribution in [3.63, 3.8) is 0 Å². The summed E-state index contributed by atoms with van der Waals surface area (Å²) in [5, 5.41) is 0. The number of carbonyl (C=O) groups is 1. The van der Waals surface area contributed by atoms with Crippen LogP contribution in [0.4, 0.5) is 0 Å². The average Bonchev–Trinajstić information content (AvgIpc) is 2.85. The Kier molecular flexibility index (Phi) is 3.72. The third-order valence-electron chi connectivity index (χ3n) is 9.19. The first-order chi connectivity index (χ1) is 10.9. The zero-order valence-corrected chi connectivity index (χ0v) is 15.3. The molecule has 0 radical (unpaired) electrons. The van der Waals surface area contributed by atoms with Gasteiger partial charge in [0.05, 0.1) is 0 Å². The van der Waals surface area contributed by atoms with E-state index in [0.29, 0.717) is 28.6 Å². The van der Waals surface area contributed by atoms with Crippen LogP contribution in [0.2, 0.25) is 0 Å². The third-order valence-corrected chi connectivity index (χ3v) is 9.19. The van der Waals surface area contributed by atoms with E-state index >= 15 is 0 Å². The van der Waals surface area contributed by atoms with Gasteiger partial charge in [-0.2, -0.15) is 0 Å². The molecule has 130 valence electrons. The molecule has 0 heterocycles. The van der Waals surface area contributed by atoms with Crippen molar-refractivity contribution >= 4 is 5.78 Å². The highest BCUT2D eigenvalue weighted by Crippen LogP contribution is 2.67. The Morgan fingerprint density at radius 3 is 2.48 bits per heavy atom. The molecule has 23 heavy (non-hydrogen) atoms.